The number of sulfonamides is 1. The molecule has 190 valence electrons. The SMILES string of the molecule is COC(=O)c1c(NC(=O)CN(c2ccccc2F)S(=O)(=O)c2ccc(OC)cc2)sc2c1CCCC2. The van der Waals surface area contributed by atoms with Crippen molar-refractivity contribution in [2.24, 2.45) is 0 Å². The number of hydrogen-bond acceptors (Lipinski definition) is 7. The topological polar surface area (TPSA) is 102 Å². The number of carbonyl (C=O) groups excluding carboxylic acids is 2. The summed E-state index contributed by atoms with van der Waals surface area (Å²) in [5.41, 5.74) is 0.869. The standard InChI is InChI=1S/C25H25FN2O6S2/c1-33-16-11-13-17(14-12-16)36(31,32)28(20-9-5-4-8-19(20)26)15-22(29)27-24-23(25(30)34-2)18-7-3-6-10-21(18)35-24/h4-5,8-9,11-14H,3,6-7,10,15H2,1-2H3,(H,27,29). The van der Waals surface area contributed by atoms with Crippen molar-refractivity contribution < 1.29 is 31.9 Å². The van der Waals surface area contributed by atoms with Crippen molar-refractivity contribution in [2.45, 2.75) is 30.6 Å². The van der Waals surface area contributed by atoms with E-state index in [2.05, 4.69) is 5.32 Å². The van der Waals surface area contributed by atoms with Crippen molar-refractivity contribution in [1.82, 2.24) is 0 Å². The fourth-order valence-electron chi connectivity index (χ4n) is 4.10. The smallest absolute Gasteiger partial charge is 0.341 e. The summed E-state index contributed by atoms with van der Waals surface area (Å²) >= 11 is 1.28. The van der Waals surface area contributed by atoms with Crippen molar-refractivity contribution in [3.05, 3.63) is 70.4 Å². The van der Waals surface area contributed by atoms with Crippen molar-refractivity contribution in [3.8, 4) is 5.75 Å². The van der Waals surface area contributed by atoms with Crippen LogP contribution in [0.4, 0.5) is 15.1 Å². The van der Waals surface area contributed by atoms with E-state index in [0.717, 1.165) is 35.8 Å². The molecular weight excluding hydrogens is 507 g/mol. The first-order valence-electron chi connectivity index (χ1n) is 11.2. The van der Waals surface area contributed by atoms with Gasteiger partial charge in [0.15, 0.2) is 0 Å². The molecule has 0 unspecified atom stereocenters. The highest BCUT2D eigenvalue weighted by Gasteiger charge is 2.31. The number of halogens is 1. The Morgan fingerprint density at radius 2 is 1.75 bits per heavy atom. The van der Waals surface area contributed by atoms with Gasteiger partial charge in [-0.05, 0) is 67.6 Å². The van der Waals surface area contributed by atoms with E-state index in [4.69, 9.17) is 9.47 Å². The Labute approximate surface area is 212 Å². The quantitative estimate of drug-likeness (QED) is 0.432. The number of thiophene rings is 1. The number of methoxy groups -OCH3 is 2. The number of para-hydroxylation sites is 1. The van der Waals surface area contributed by atoms with Gasteiger partial charge in [0.2, 0.25) is 5.91 Å². The molecule has 36 heavy (non-hydrogen) atoms. The third-order valence-corrected chi connectivity index (χ3v) is 8.85. The number of benzene rings is 2. The molecule has 4 rings (SSSR count). The van der Waals surface area contributed by atoms with Crippen LogP contribution in [-0.2, 0) is 32.4 Å². The Hall–Kier alpha value is -3.44. The number of amides is 1. The van der Waals surface area contributed by atoms with Crippen molar-refractivity contribution >= 4 is 43.9 Å². The van der Waals surface area contributed by atoms with E-state index < -0.39 is 34.3 Å². The molecule has 0 spiro atoms. The van der Waals surface area contributed by atoms with Crippen LogP contribution in [0.15, 0.2) is 53.4 Å². The molecule has 0 saturated carbocycles. The van der Waals surface area contributed by atoms with E-state index in [9.17, 15) is 22.4 Å². The summed E-state index contributed by atoms with van der Waals surface area (Å²) in [6.45, 7) is -0.710. The zero-order valence-corrected chi connectivity index (χ0v) is 21.4. The highest BCUT2D eigenvalue weighted by molar-refractivity contribution is 7.92. The molecule has 8 nitrogen and oxygen atoms in total. The number of hydrogen-bond donors (Lipinski definition) is 1. The lowest BCUT2D eigenvalue weighted by atomic mass is 9.95. The van der Waals surface area contributed by atoms with Crippen LogP contribution in [0.3, 0.4) is 0 Å². The van der Waals surface area contributed by atoms with Crippen LogP contribution in [0.2, 0.25) is 0 Å². The number of nitrogens with zero attached hydrogens (tertiary/aromatic N) is 1. The van der Waals surface area contributed by atoms with Crippen LogP contribution >= 0.6 is 11.3 Å². The van der Waals surface area contributed by atoms with Gasteiger partial charge in [0.1, 0.15) is 23.1 Å². The van der Waals surface area contributed by atoms with Gasteiger partial charge in [-0.1, -0.05) is 12.1 Å². The number of esters is 1. The molecule has 11 heteroatoms. The molecule has 1 aromatic heterocycles. The molecule has 1 aliphatic rings. The first kappa shape index (κ1) is 25.6. The molecule has 1 heterocycles. The number of rotatable bonds is 8. The Morgan fingerprint density at radius 1 is 1.06 bits per heavy atom. The highest BCUT2D eigenvalue weighted by Crippen LogP contribution is 2.38. The van der Waals surface area contributed by atoms with Crippen LogP contribution in [0, 0.1) is 5.82 Å². The van der Waals surface area contributed by atoms with Gasteiger partial charge in [-0.2, -0.15) is 0 Å². The molecule has 0 atom stereocenters. The summed E-state index contributed by atoms with van der Waals surface area (Å²) in [4.78, 5) is 26.5. The zero-order chi connectivity index (χ0) is 25.9. The van der Waals surface area contributed by atoms with Crippen molar-refractivity contribution in [2.75, 3.05) is 30.4 Å². The van der Waals surface area contributed by atoms with Gasteiger partial charge in [-0.15, -0.1) is 11.3 Å². The largest absolute Gasteiger partial charge is 0.497 e. The second kappa shape index (κ2) is 10.7. The van der Waals surface area contributed by atoms with E-state index in [1.54, 1.807) is 0 Å². The lowest BCUT2D eigenvalue weighted by Crippen LogP contribution is -2.38. The van der Waals surface area contributed by atoms with E-state index >= 15 is 0 Å². The molecule has 0 saturated heterocycles. The van der Waals surface area contributed by atoms with E-state index in [0.29, 0.717) is 27.0 Å². The average Bonchev–Trinajstić information content (AvgIpc) is 3.25. The van der Waals surface area contributed by atoms with E-state index in [1.165, 1.54) is 68.0 Å². The molecule has 1 N–H and O–H groups in total. The minimum Gasteiger partial charge on any atom is -0.497 e. The molecule has 2 aromatic carbocycles. The summed E-state index contributed by atoms with van der Waals surface area (Å²) in [5, 5.41) is 2.97. The molecule has 3 aromatic rings. The van der Waals surface area contributed by atoms with Gasteiger partial charge in [0.25, 0.3) is 10.0 Å². The third-order valence-electron chi connectivity index (χ3n) is 5.87. The predicted octanol–water partition coefficient (Wildman–Crippen LogP) is 4.40. The molecule has 0 bridgehead atoms. The van der Waals surface area contributed by atoms with Crippen molar-refractivity contribution in [1.29, 1.82) is 0 Å². The van der Waals surface area contributed by atoms with Gasteiger partial charge in [0.05, 0.1) is 30.4 Å². The summed E-state index contributed by atoms with van der Waals surface area (Å²) in [5.74, 6) is -1.65. The van der Waals surface area contributed by atoms with Crippen LogP contribution in [-0.4, -0.2) is 41.1 Å². The molecular formula is C25H25FN2O6S2. The van der Waals surface area contributed by atoms with E-state index in [-0.39, 0.29) is 10.6 Å². The fourth-order valence-corrected chi connectivity index (χ4v) is 6.82. The van der Waals surface area contributed by atoms with Gasteiger partial charge >= 0.3 is 5.97 Å². The van der Waals surface area contributed by atoms with Crippen LogP contribution in [0.25, 0.3) is 0 Å². The van der Waals surface area contributed by atoms with Gasteiger partial charge in [-0.3, -0.25) is 9.10 Å². The maximum absolute atomic E-state index is 14.7. The summed E-state index contributed by atoms with van der Waals surface area (Å²) < 4.78 is 52.5. The highest BCUT2D eigenvalue weighted by atomic mass is 32.2. The number of fused-ring (bicyclic) bond motifs is 1. The lowest BCUT2D eigenvalue weighted by Gasteiger charge is -2.24. The Morgan fingerprint density at radius 3 is 2.42 bits per heavy atom. The minimum absolute atomic E-state index is 0.138. The second-order valence-electron chi connectivity index (χ2n) is 8.09. The monoisotopic (exact) mass is 532 g/mol. The number of nitrogens with one attached hydrogen (secondary N) is 1. The zero-order valence-electron chi connectivity index (χ0n) is 19.7. The molecule has 1 aliphatic carbocycles. The maximum Gasteiger partial charge on any atom is 0.341 e. The van der Waals surface area contributed by atoms with Crippen molar-refractivity contribution in [3.63, 3.8) is 0 Å². The predicted molar refractivity (Wildman–Crippen MR) is 135 cm³/mol. The Bertz CT molecular complexity index is 1390. The molecule has 0 fully saturated rings. The Balaban J connectivity index is 1.68. The summed E-state index contributed by atoms with van der Waals surface area (Å²) in [6.07, 6.45) is 3.37. The first-order valence-corrected chi connectivity index (χ1v) is 13.5. The normalized spacial score (nSPS) is 13.0. The molecule has 1 amide bonds. The summed E-state index contributed by atoms with van der Waals surface area (Å²) in [7, 11) is -1.62. The Kier molecular flexibility index (Phi) is 7.60. The lowest BCUT2D eigenvalue weighted by molar-refractivity contribution is -0.114. The maximum atomic E-state index is 14.7. The minimum atomic E-state index is -4.33. The van der Waals surface area contributed by atoms with Gasteiger partial charge in [-0.25, -0.2) is 17.6 Å². The first-order chi connectivity index (χ1) is 17.3. The number of aryl methyl sites for hydroxylation is 1. The number of ether oxygens (including phenoxy) is 2. The summed E-state index contributed by atoms with van der Waals surface area (Å²) in [6, 6.07) is 10.9. The third kappa shape index (κ3) is 5.07. The average molecular weight is 533 g/mol. The van der Waals surface area contributed by atoms with Crippen LogP contribution in [0.5, 0.6) is 5.75 Å². The van der Waals surface area contributed by atoms with Crippen LogP contribution in [0.1, 0.15) is 33.6 Å². The molecule has 0 aliphatic heterocycles. The fraction of sp³-hybridized carbons (Fsp3) is 0.280. The van der Waals surface area contributed by atoms with Crippen LogP contribution < -0.4 is 14.4 Å². The van der Waals surface area contributed by atoms with Gasteiger partial charge in [0, 0.05) is 4.88 Å². The van der Waals surface area contributed by atoms with E-state index in [1.807, 2.05) is 0 Å². The molecule has 0 radical (unpaired) electrons. The number of carbonyl (C=O) groups is 2. The van der Waals surface area contributed by atoms with Gasteiger partial charge < -0.3 is 14.8 Å². The second-order valence-corrected chi connectivity index (χ2v) is 11.1. The number of anilines is 2.